The molecule has 5 atom stereocenters. The molecule has 0 spiro atoms. The number of ether oxygens (including phenoxy) is 2. The zero-order chi connectivity index (χ0) is 43.1. The highest BCUT2D eigenvalue weighted by molar-refractivity contribution is 7.47. The van der Waals surface area contributed by atoms with E-state index >= 15 is 0 Å². The van der Waals surface area contributed by atoms with Crippen LogP contribution >= 0.6 is 7.82 Å². The summed E-state index contributed by atoms with van der Waals surface area (Å²) in [4.78, 5) is 46.0. The standard InChI is InChI=1S/C44H76NO12P/c1-3-5-7-9-11-13-15-17-18-19-21-23-25-27-29-33-42(48)54-35-38(36-55-58(52,53)56-37-39(45)44(50)51)57-43(49)34-30-32-41(47)40(46)31-28-26-24-22-20-16-14-12-10-8-6-4-2/h6,8,12,14,17-18,20,22,26,28,38-41,46-47H,3-5,7,9-11,13,15-16,19,21,23-25,27,29-37,45H2,1-2H3,(H,50,51)(H,52,53)/b8-6-,14-12-,18-17-,22-20-,28-26-/t38-,39+,40-,41-/m1/s1. The fourth-order valence-corrected chi connectivity index (χ4v) is 6.22. The zero-order valence-corrected chi connectivity index (χ0v) is 36.2. The Hall–Kier alpha value is -2.90. The first-order valence-electron chi connectivity index (χ1n) is 21.5. The first kappa shape index (κ1) is 55.1. The van der Waals surface area contributed by atoms with Gasteiger partial charge in [-0.15, -0.1) is 0 Å². The highest BCUT2D eigenvalue weighted by Gasteiger charge is 2.28. The molecule has 0 aliphatic rings. The number of aliphatic hydroxyl groups is 2. The van der Waals surface area contributed by atoms with Crippen LogP contribution in [0.5, 0.6) is 0 Å². The van der Waals surface area contributed by atoms with Crippen molar-refractivity contribution in [2.75, 3.05) is 19.8 Å². The van der Waals surface area contributed by atoms with Crippen LogP contribution in [0.1, 0.15) is 155 Å². The monoisotopic (exact) mass is 842 g/mol. The van der Waals surface area contributed by atoms with E-state index in [0.29, 0.717) is 12.8 Å². The van der Waals surface area contributed by atoms with Gasteiger partial charge in [0.1, 0.15) is 12.6 Å². The lowest BCUT2D eigenvalue weighted by Crippen LogP contribution is -2.34. The summed E-state index contributed by atoms with van der Waals surface area (Å²) in [6.07, 6.45) is 36.0. The minimum atomic E-state index is -4.80. The van der Waals surface area contributed by atoms with E-state index in [1.54, 1.807) is 6.08 Å². The molecule has 0 bridgehead atoms. The average molecular weight is 842 g/mol. The van der Waals surface area contributed by atoms with Crippen molar-refractivity contribution < 1.29 is 57.7 Å². The van der Waals surface area contributed by atoms with Gasteiger partial charge in [-0.2, -0.15) is 0 Å². The lowest BCUT2D eigenvalue weighted by molar-refractivity contribution is -0.161. The van der Waals surface area contributed by atoms with Gasteiger partial charge < -0.3 is 35.4 Å². The molecular formula is C44H76NO12P. The van der Waals surface area contributed by atoms with E-state index in [1.807, 2.05) is 12.2 Å². The molecule has 14 heteroatoms. The number of aliphatic hydroxyl groups excluding tert-OH is 2. The van der Waals surface area contributed by atoms with E-state index in [9.17, 15) is 34.1 Å². The van der Waals surface area contributed by atoms with Crippen molar-refractivity contribution in [3.63, 3.8) is 0 Å². The Kier molecular flexibility index (Phi) is 36.4. The summed E-state index contributed by atoms with van der Waals surface area (Å²) >= 11 is 0. The fraction of sp³-hybridized carbons (Fsp3) is 0.705. The third-order valence-electron chi connectivity index (χ3n) is 8.95. The highest BCUT2D eigenvalue weighted by Crippen LogP contribution is 2.43. The summed E-state index contributed by atoms with van der Waals surface area (Å²) in [6, 6.07) is -1.57. The number of carbonyl (C=O) groups is 3. The highest BCUT2D eigenvalue weighted by atomic mass is 31.2. The smallest absolute Gasteiger partial charge is 0.472 e. The second-order valence-electron chi connectivity index (χ2n) is 14.4. The van der Waals surface area contributed by atoms with Crippen molar-refractivity contribution in [3.8, 4) is 0 Å². The summed E-state index contributed by atoms with van der Waals surface area (Å²) in [7, 11) is -4.80. The molecule has 13 nitrogen and oxygen atoms in total. The van der Waals surface area contributed by atoms with Crippen molar-refractivity contribution in [1.82, 2.24) is 0 Å². The van der Waals surface area contributed by atoms with Crippen molar-refractivity contribution in [2.45, 2.75) is 179 Å². The summed E-state index contributed by atoms with van der Waals surface area (Å²) in [5, 5.41) is 29.6. The first-order valence-corrected chi connectivity index (χ1v) is 23.0. The molecule has 0 aromatic carbocycles. The molecule has 0 aromatic heterocycles. The lowest BCUT2D eigenvalue weighted by atomic mass is 10.0. The Morgan fingerprint density at radius 3 is 1.72 bits per heavy atom. The van der Waals surface area contributed by atoms with Gasteiger partial charge in [-0.25, -0.2) is 4.57 Å². The van der Waals surface area contributed by atoms with E-state index in [2.05, 4.69) is 60.9 Å². The van der Waals surface area contributed by atoms with E-state index < -0.39 is 69.9 Å². The maximum atomic E-state index is 12.7. The molecule has 1 unspecified atom stereocenters. The molecule has 0 saturated heterocycles. The molecule has 0 radical (unpaired) electrons. The number of phosphoric acid groups is 1. The molecule has 0 amide bonds. The van der Waals surface area contributed by atoms with Gasteiger partial charge in [0.05, 0.1) is 25.4 Å². The van der Waals surface area contributed by atoms with Gasteiger partial charge in [0.25, 0.3) is 0 Å². The maximum absolute atomic E-state index is 12.7. The normalized spacial score (nSPS) is 15.4. The number of carboxylic acid groups (broad SMARTS) is 1. The van der Waals surface area contributed by atoms with Gasteiger partial charge in [-0.05, 0) is 77.0 Å². The van der Waals surface area contributed by atoms with Crippen LogP contribution in [0.2, 0.25) is 0 Å². The molecule has 58 heavy (non-hydrogen) atoms. The molecule has 0 rings (SSSR count). The van der Waals surface area contributed by atoms with Crippen LogP contribution in [-0.4, -0.2) is 82.3 Å². The van der Waals surface area contributed by atoms with Gasteiger partial charge in [-0.1, -0.05) is 126 Å². The number of carboxylic acids is 1. The molecular weight excluding hydrogens is 765 g/mol. The van der Waals surface area contributed by atoms with Gasteiger partial charge in [0, 0.05) is 12.8 Å². The number of carbonyl (C=O) groups excluding carboxylic acids is 2. The molecule has 334 valence electrons. The van der Waals surface area contributed by atoms with Crippen LogP contribution in [0.3, 0.4) is 0 Å². The van der Waals surface area contributed by atoms with Crippen molar-refractivity contribution in [2.24, 2.45) is 5.73 Å². The largest absolute Gasteiger partial charge is 0.480 e. The summed E-state index contributed by atoms with van der Waals surface area (Å²) in [5.74, 6) is -2.72. The Labute approximate surface area is 348 Å². The average Bonchev–Trinajstić information content (AvgIpc) is 3.19. The summed E-state index contributed by atoms with van der Waals surface area (Å²) in [6.45, 7) is 2.36. The Morgan fingerprint density at radius 1 is 0.621 bits per heavy atom. The number of unbranched alkanes of at least 4 members (excludes halogenated alkanes) is 11. The topological polar surface area (TPSA) is 212 Å². The predicted molar refractivity (Wildman–Crippen MR) is 229 cm³/mol. The SMILES string of the molecule is CC/C=C\C/C=C\C/C=C\C/C=C\C[C@@H](O)[C@H](O)CCCC(=O)O[C@H](COC(=O)CCCCCCC/C=C\CCCCCCCC)COP(=O)(O)OC[C@H](N)C(=O)O. The van der Waals surface area contributed by atoms with Gasteiger partial charge in [0.15, 0.2) is 6.10 Å². The minimum Gasteiger partial charge on any atom is -0.480 e. The van der Waals surface area contributed by atoms with Crippen LogP contribution in [-0.2, 0) is 37.5 Å². The second-order valence-corrected chi connectivity index (χ2v) is 15.9. The number of aliphatic carboxylic acids is 1. The Bertz CT molecular complexity index is 1250. The summed E-state index contributed by atoms with van der Waals surface area (Å²) in [5.41, 5.74) is 5.31. The van der Waals surface area contributed by atoms with E-state index in [-0.39, 0.29) is 32.1 Å². The van der Waals surface area contributed by atoms with E-state index in [0.717, 1.165) is 57.8 Å². The predicted octanol–water partition coefficient (Wildman–Crippen LogP) is 9.11. The van der Waals surface area contributed by atoms with E-state index in [1.165, 1.54) is 38.5 Å². The minimum absolute atomic E-state index is 0.111. The number of hydrogen-bond acceptors (Lipinski definition) is 11. The molecule has 0 saturated carbocycles. The Morgan fingerprint density at radius 2 is 1.14 bits per heavy atom. The molecule has 0 aliphatic carbocycles. The fourth-order valence-electron chi connectivity index (χ4n) is 5.44. The second kappa shape index (κ2) is 38.3. The molecule has 0 aliphatic heterocycles. The van der Waals surface area contributed by atoms with Crippen LogP contribution in [0.25, 0.3) is 0 Å². The van der Waals surface area contributed by atoms with E-state index in [4.69, 9.17) is 24.8 Å². The quantitative estimate of drug-likeness (QED) is 0.0169. The zero-order valence-electron chi connectivity index (χ0n) is 35.3. The van der Waals surface area contributed by atoms with Crippen LogP contribution in [0, 0.1) is 0 Å². The number of hydrogen-bond donors (Lipinski definition) is 5. The summed E-state index contributed by atoms with van der Waals surface area (Å²) < 4.78 is 32.5. The van der Waals surface area contributed by atoms with Gasteiger partial charge in [-0.3, -0.25) is 23.4 Å². The van der Waals surface area contributed by atoms with Crippen LogP contribution in [0.15, 0.2) is 60.8 Å². The Balaban J connectivity index is 4.65. The lowest BCUT2D eigenvalue weighted by Gasteiger charge is -2.20. The van der Waals surface area contributed by atoms with Crippen molar-refractivity contribution in [3.05, 3.63) is 60.8 Å². The van der Waals surface area contributed by atoms with Crippen molar-refractivity contribution >= 4 is 25.7 Å². The molecule has 6 N–H and O–H groups in total. The van der Waals surface area contributed by atoms with Crippen LogP contribution in [0.4, 0.5) is 0 Å². The van der Waals surface area contributed by atoms with Gasteiger partial charge >= 0.3 is 25.7 Å². The number of nitrogens with two attached hydrogens (primary N) is 1. The first-order chi connectivity index (χ1) is 27.9. The number of phosphoric ester groups is 1. The third kappa shape index (κ3) is 36.2. The number of esters is 2. The molecule has 0 fully saturated rings. The van der Waals surface area contributed by atoms with Gasteiger partial charge in [0.2, 0.25) is 0 Å². The molecule has 0 aromatic rings. The van der Waals surface area contributed by atoms with Crippen molar-refractivity contribution in [1.29, 1.82) is 0 Å². The molecule has 0 heterocycles. The van der Waals surface area contributed by atoms with Crippen LogP contribution < -0.4 is 5.73 Å². The number of allylic oxidation sites excluding steroid dienone is 9. The third-order valence-corrected chi connectivity index (χ3v) is 9.90. The maximum Gasteiger partial charge on any atom is 0.472 e. The number of rotatable bonds is 39.